The van der Waals surface area contributed by atoms with Crippen molar-refractivity contribution in [1.29, 1.82) is 0 Å². The number of primary sulfonamides is 1. The van der Waals surface area contributed by atoms with E-state index >= 15 is 0 Å². The number of sulfonamides is 1. The van der Waals surface area contributed by atoms with E-state index in [0.29, 0.717) is 17.0 Å². The van der Waals surface area contributed by atoms with Crippen LogP contribution in [0.4, 0.5) is 8.78 Å². The van der Waals surface area contributed by atoms with Crippen molar-refractivity contribution in [3.8, 4) is 0 Å². The molecule has 0 fully saturated rings. The van der Waals surface area contributed by atoms with Gasteiger partial charge < -0.3 is 0 Å². The van der Waals surface area contributed by atoms with Crippen LogP contribution in [0.15, 0.2) is 55.2 Å². The van der Waals surface area contributed by atoms with Gasteiger partial charge in [0, 0.05) is 0 Å². The molecule has 1 aliphatic rings. The fourth-order valence-corrected chi connectivity index (χ4v) is 3.09. The van der Waals surface area contributed by atoms with Crippen molar-refractivity contribution in [2.45, 2.75) is 25.0 Å². The summed E-state index contributed by atoms with van der Waals surface area (Å²) in [7, 11) is -3.70. The highest BCUT2D eigenvalue weighted by Crippen LogP contribution is 2.28. The molecule has 0 aromatic carbocycles. The average molecular weight is 367 g/mol. The van der Waals surface area contributed by atoms with Gasteiger partial charge in [-0.15, -0.1) is 0 Å². The second kappa shape index (κ2) is 7.71. The SMILES string of the molecule is C=C/C=C(\C=C/C)c1cc(C(F)F)nn1C1=CCC(S(N)(=O)=O)C=C1. The van der Waals surface area contributed by atoms with E-state index in [1.54, 1.807) is 30.4 Å². The van der Waals surface area contributed by atoms with Gasteiger partial charge in [0.1, 0.15) is 5.69 Å². The van der Waals surface area contributed by atoms with Gasteiger partial charge in [0.05, 0.1) is 16.6 Å². The van der Waals surface area contributed by atoms with Gasteiger partial charge in [0.2, 0.25) is 10.0 Å². The molecule has 25 heavy (non-hydrogen) atoms. The van der Waals surface area contributed by atoms with Gasteiger partial charge in [0.15, 0.2) is 0 Å². The van der Waals surface area contributed by atoms with Gasteiger partial charge in [-0.1, -0.05) is 43.0 Å². The highest BCUT2D eigenvalue weighted by atomic mass is 32.2. The standard InChI is InChI=1S/C17H19F2N3O2S/c1-3-5-12(6-4-2)16-11-15(17(18)19)21-22(16)13-7-9-14(10-8-13)25(20,23)24/h3-9,11,14,17H,1,10H2,2H3,(H2,20,23,24)/b6-4-,12-5+. The Hall–Kier alpha value is -2.32. The predicted octanol–water partition coefficient (Wildman–Crippen LogP) is 3.42. The van der Waals surface area contributed by atoms with Crippen LogP contribution in [-0.2, 0) is 10.0 Å². The lowest BCUT2D eigenvalue weighted by molar-refractivity contribution is 0.145. The molecule has 2 rings (SSSR count). The first-order valence-electron chi connectivity index (χ1n) is 7.52. The summed E-state index contributed by atoms with van der Waals surface area (Å²) in [5.74, 6) is 0. The van der Waals surface area contributed by atoms with Crippen molar-refractivity contribution in [3.05, 3.63) is 66.6 Å². The highest BCUT2D eigenvalue weighted by Gasteiger charge is 2.23. The van der Waals surface area contributed by atoms with E-state index in [4.69, 9.17) is 5.14 Å². The summed E-state index contributed by atoms with van der Waals surface area (Å²) in [4.78, 5) is 0. The van der Waals surface area contributed by atoms with Crippen LogP contribution < -0.4 is 5.14 Å². The number of halogens is 2. The lowest BCUT2D eigenvalue weighted by atomic mass is 10.1. The maximum Gasteiger partial charge on any atom is 0.282 e. The predicted molar refractivity (Wildman–Crippen MR) is 95.1 cm³/mol. The van der Waals surface area contributed by atoms with Gasteiger partial charge in [0.25, 0.3) is 6.43 Å². The summed E-state index contributed by atoms with van der Waals surface area (Å²) in [5.41, 5.74) is 1.25. The molecule has 1 atom stereocenters. The number of rotatable bonds is 6. The molecular formula is C17H19F2N3O2S. The molecule has 0 saturated carbocycles. The van der Waals surface area contributed by atoms with Gasteiger partial charge >= 0.3 is 0 Å². The largest absolute Gasteiger partial charge is 0.282 e. The Balaban J connectivity index is 2.51. The van der Waals surface area contributed by atoms with Gasteiger partial charge in [-0.3, -0.25) is 0 Å². The third-order valence-electron chi connectivity index (χ3n) is 3.60. The maximum atomic E-state index is 13.1. The Labute approximate surface area is 145 Å². The molecule has 0 amide bonds. The summed E-state index contributed by atoms with van der Waals surface area (Å²) in [6.45, 7) is 5.44. The third-order valence-corrected chi connectivity index (χ3v) is 4.79. The first-order valence-corrected chi connectivity index (χ1v) is 9.13. The first kappa shape index (κ1) is 19.0. The molecule has 0 aliphatic heterocycles. The van der Waals surface area contributed by atoms with Crippen molar-refractivity contribution in [1.82, 2.24) is 9.78 Å². The Bertz CT molecular complexity index is 878. The average Bonchev–Trinajstić information content (AvgIpc) is 2.99. The summed E-state index contributed by atoms with van der Waals surface area (Å²) in [6, 6.07) is 1.31. The van der Waals surface area contributed by atoms with Gasteiger partial charge in [-0.25, -0.2) is 27.0 Å². The lowest BCUT2D eigenvalue weighted by Crippen LogP contribution is -2.27. The number of allylic oxidation sites excluding steroid dienone is 8. The number of hydrogen-bond acceptors (Lipinski definition) is 3. The number of alkyl halides is 2. The van der Waals surface area contributed by atoms with Crippen LogP contribution in [0.25, 0.3) is 11.3 Å². The topological polar surface area (TPSA) is 78.0 Å². The monoisotopic (exact) mass is 367 g/mol. The molecule has 1 unspecified atom stereocenters. The van der Waals surface area contributed by atoms with E-state index in [9.17, 15) is 17.2 Å². The molecule has 1 aliphatic carbocycles. The lowest BCUT2D eigenvalue weighted by Gasteiger charge is -2.16. The zero-order valence-electron chi connectivity index (χ0n) is 13.6. The van der Waals surface area contributed by atoms with Crippen LogP contribution in [0.1, 0.15) is 31.2 Å². The smallest absolute Gasteiger partial charge is 0.233 e. The van der Waals surface area contributed by atoms with Crippen molar-refractivity contribution >= 4 is 21.3 Å². The Kier molecular flexibility index (Phi) is 5.86. The summed E-state index contributed by atoms with van der Waals surface area (Å²) < 4.78 is 50.4. The van der Waals surface area contributed by atoms with Crippen LogP contribution in [0, 0.1) is 0 Å². The van der Waals surface area contributed by atoms with Gasteiger partial charge in [-0.2, -0.15) is 5.10 Å². The molecule has 5 nitrogen and oxygen atoms in total. The summed E-state index contributed by atoms with van der Waals surface area (Å²) in [6.07, 6.45) is 8.76. The van der Waals surface area contributed by atoms with Gasteiger partial charge in [-0.05, 0) is 31.1 Å². The normalized spacial score (nSPS) is 18.8. The van der Waals surface area contributed by atoms with Crippen LogP contribution >= 0.6 is 0 Å². The Morgan fingerprint density at radius 3 is 2.72 bits per heavy atom. The van der Waals surface area contributed by atoms with Crippen molar-refractivity contribution < 1.29 is 17.2 Å². The number of nitrogens with zero attached hydrogens (tertiary/aromatic N) is 2. The summed E-state index contributed by atoms with van der Waals surface area (Å²) in [5, 5.41) is 8.27. The van der Waals surface area contributed by atoms with E-state index in [1.807, 2.05) is 6.92 Å². The Morgan fingerprint density at radius 2 is 2.24 bits per heavy atom. The molecule has 1 heterocycles. The van der Waals surface area contributed by atoms with Crippen molar-refractivity contribution in [3.63, 3.8) is 0 Å². The summed E-state index contributed by atoms with van der Waals surface area (Å²) >= 11 is 0. The second-order valence-electron chi connectivity index (χ2n) is 5.38. The maximum absolute atomic E-state index is 13.1. The molecule has 0 spiro atoms. The van der Waals surface area contributed by atoms with Crippen LogP contribution in [0.3, 0.4) is 0 Å². The van der Waals surface area contributed by atoms with E-state index in [-0.39, 0.29) is 12.1 Å². The zero-order valence-corrected chi connectivity index (χ0v) is 14.5. The molecule has 2 N–H and O–H groups in total. The quantitative estimate of drug-likeness (QED) is 0.783. The second-order valence-corrected chi connectivity index (χ2v) is 7.16. The molecule has 134 valence electrons. The van der Waals surface area contributed by atoms with Crippen LogP contribution in [-0.4, -0.2) is 23.4 Å². The van der Waals surface area contributed by atoms with E-state index < -0.39 is 21.7 Å². The zero-order chi connectivity index (χ0) is 18.6. The number of aromatic nitrogens is 2. The molecule has 1 aromatic heterocycles. The van der Waals surface area contributed by atoms with Crippen LogP contribution in [0.2, 0.25) is 0 Å². The third kappa shape index (κ3) is 4.40. The molecular weight excluding hydrogens is 348 g/mol. The van der Waals surface area contributed by atoms with Crippen molar-refractivity contribution in [2.75, 3.05) is 0 Å². The molecule has 0 bridgehead atoms. The fraction of sp³-hybridized carbons (Fsp3) is 0.235. The molecule has 1 aromatic rings. The fourth-order valence-electron chi connectivity index (χ4n) is 2.43. The van der Waals surface area contributed by atoms with E-state index in [1.165, 1.54) is 22.9 Å². The Morgan fingerprint density at radius 1 is 1.52 bits per heavy atom. The van der Waals surface area contributed by atoms with Crippen LogP contribution in [0.5, 0.6) is 0 Å². The van der Waals surface area contributed by atoms with E-state index in [2.05, 4.69) is 11.7 Å². The number of hydrogen-bond donors (Lipinski definition) is 1. The number of nitrogens with two attached hydrogens (primary N) is 1. The minimum absolute atomic E-state index is 0.151. The molecule has 8 heteroatoms. The highest BCUT2D eigenvalue weighted by molar-refractivity contribution is 7.89. The minimum atomic E-state index is -3.70. The van der Waals surface area contributed by atoms with Crippen molar-refractivity contribution in [2.24, 2.45) is 5.14 Å². The molecule has 0 saturated heterocycles. The first-order chi connectivity index (χ1) is 11.8. The van der Waals surface area contributed by atoms with E-state index in [0.717, 1.165) is 0 Å². The molecule has 0 radical (unpaired) electrons. The minimum Gasteiger partial charge on any atom is -0.233 e.